The predicted molar refractivity (Wildman–Crippen MR) is 75.3 cm³/mol. The van der Waals surface area contributed by atoms with Crippen LogP contribution in [0.25, 0.3) is 0 Å². The number of carbonyl (C=O) groups is 1. The second kappa shape index (κ2) is 7.62. The van der Waals surface area contributed by atoms with Crippen molar-refractivity contribution in [3.8, 4) is 0 Å². The van der Waals surface area contributed by atoms with Gasteiger partial charge in [0.25, 0.3) is 0 Å². The second-order valence-electron chi connectivity index (χ2n) is 4.45. The molecule has 0 spiro atoms. The molecule has 0 aliphatic carbocycles. The van der Waals surface area contributed by atoms with Crippen LogP contribution in [-0.4, -0.2) is 30.8 Å². The van der Waals surface area contributed by atoms with E-state index in [4.69, 9.17) is 0 Å². The van der Waals surface area contributed by atoms with Crippen LogP contribution in [-0.2, 0) is 11.2 Å². The van der Waals surface area contributed by atoms with Crippen molar-refractivity contribution in [1.29, 1.82) is 0 Å². The van der Waals surface area contributed by atoms with Crippen molar-refractivity contribution in [2.45, 2.75) is 26.2 Å². The summed E-state index contributed by atoms with van der Waals surface area (Å²) in [6, 6.07) is 8.32. The van der Waals surface area contributed by atoms with Crippen molar-refractivity contribution >= 4 is 21.7 Å². The maximum absolute atomic E-state index is 10.8. The molecule has 94 valence electrons. The number of rotatable bonds is 7. The average molecular weight is 298 g/mol. The molecular weight excluding hydrogens is 278 g/mol. The van der Waals surface area contributed by atoms with Gasteiger partial charge in [-0.1, -0.05) is 34.1 Å². The quantitative estimate of drug-likeness (QED) is 0.770. The normalized spacial score (nSPS) is 10.8. The van der Waals surface area contributed by atoms with Crippen LogP contribution in [0.4, 0.5) is 0 Å². The van der Waals surface area contributed by atoms with Gasteiger partial charge >= 0.3 is 0 Å². The molecule has 0 saturated carbocycles. The van der Waals surface area contributed by atoms with Crippen molar-refractivity contribution in [1.82, 2.24) is 4.90 Å². The minimum Gasteiger partial charge on any atom is -0.306 e. The first-order chi connectivity index (χ1) is 8.09. The molecule has 0 N–H and O–H groups in total. The van der Waals surface area contributed by atoms with Gasteiger partial charge in [0.2, 0.25) is 0 Å². The number of likely N-dealkylation sites (N-methyl/N-ethyl adjacent to an activating group) is 1. The molecule has 0 unspecified atom stereocenters. The Labute approximate surface area is 112 Å². The zero-order valence-electron chi connectivity index (χ0n) is 10.6. The molecule has 1 aromatic carbocycles. The molecule has 0 fully saturated rings. The lowest BCUT2D eigenvalue weighted by atomic mass is 10.1. The van der Waals surface area contributed by atoms with Crippen LogP contribution in [0.3, 0.4) is 0 Å². The van der Waals surface area contributed by atoms with E-state index in [1.54, 1.807) is 6.92 Å². The van der Waals surface area contributed by atoms with Crippen LogP contribution in [0.1, 0.15) is 25.3 Å². The predicted octanol–water partition coefficient (Wildman–Crippen LogP) is 3.29. The number of ketones is 1. The molecule has 1 aromatic rings. The summed E-state index contributed by atoms with van der Waals surface area (Å²) < 4.78 is 1.18. The molecule has 0 aliphatic rings. The highest BCUT2D eigenvalue weighted by atomic mass is 79.9. The Kier molecular flexibility index (Phi) is 6.45. The number of hydrogen-bond acceptors (Lipinski definition) is 2. The van der Waals surface area contributed by atoms with Gasteiger partial charge in [-0.15, -0.1) is 0 Å². The number of benzene rings is 1. The Morgan fingerprint density at radius 2 is 2.00 bits per heavy atom. The molecule has 3 heteroatoms. The first kappa shape index (κ1) is 14.4. The summed E-state index contributed by atoms with van der Waals surface area (Å²) >= 11 is 3.55. The Morgan fingerprint density at radius 1 is 1.29 bits per heavy atom. The Morgan fingerprint density at radius 3 is 2.65 bits per heavy atom. The molecule has 0 aliphatic heterocycles. The SMILES string of the molecule is CC(=O)CCCN(C)CCc1ccccc1Br. The lowest BCUT2D eigenvalue weighted by molar-refractivity contribution is -0.117. The number of carbonyl (C=O) groups excluding carboxylic acids is 1. The first-order valence-electron chi connectivity index (χ1n) is 6.01. The van der Waals surface area contributed by atoms with E-state index in [0.717, 1.165) is 25.9 Å². The lowest BCUT2D eigenvalue weighted by Crippen LogP contribution is -2.22. The van der Waals surface area contributed by atoms with Crippen LogP contribution in [0.2, 0.25) is 0 Å². The molecule has 0 radical (unpaired) electrons. The number of halogens is 1. The number of nitrogens with zero attached hydrogens (tertiary/aromatic N) is 1. The lowest BCUT2D eigenvalue weighted by Gasteiger charge is -2.16. The maximum atomic E-state index is 10.8. The van der Waals surface area contributed by atoms with Gasteiger partial charge in [0.15, 0.2) is 0 Å². The third kappa shape index (κ3) is 5.99. The summed E-state index contributed by atoms with van der Waals surface area (Å²) in [7, 11) is 2.11. The van der Waals surface area contributed by atoms with Gasteiger partial charge in [0, 0.05) is 17.4 Å². The smallest absolute Gasteiger partial charge is 0.129 e. The zero-order chi connectivity index (χ0) is 12.7. The van der Waals surface area contributed by atoms with E-state index >= 15 is 0 Å². The van der Waals surface area contributed by atoms with Gasteiger partial charge in [-0.2, -0.15) is 0 Å². The summed E-state index contributed by atoms with van der Waals surface area (Å²) in [4.78, 5) is 13.1. The summed E-state index contributed by atoms with van der Waals surface area (Å²) in [5.74, 6) is 0.282. The maximum Gasteiger partial charge on any atom is 0.129 e. The molecule has 0 amide bonds. The van der Waals surface area contributed by atoms with Gasteiger partial charge in [-0.25, -0.2) is 0 Å². The third-order valence-corrected chi connectivity index (χ3v) is 3.56. The molecular formula is C14H20BrNO. The molecule has 1 rings (SSSR count). The Bertz CT molecular complexity index is 365. The van der Waals surface area contributed by atoms with Gasteiger partial charge in [0.1, 0.15) is 5.78 Å². The molecule has 17 heavy (non-hydrogen) atoms. The fourth-order valence-electron chi connectivity index (χ4n) is 1.72. The molecule has 2 nitrogen and oxygen atoms in total. The van der Waals surface area contributed by atoms with Crippen LogP contribution in [0.15, 0.2) is 28.7 Å². The monoisotopic (exact) mass is 297 g/mol. The largest absolute Gasteiger partial charge is 0.306 e. The molecule has 0 bridgehead atoms. The van der Waals surface area contributed by atoms with Crippen molar-refractivity contribution < 1.29 is 4.79 Å². The summed E-state index contributed by atoms with van der Waals surface area (Å²) in [6.07, 6.45) is 2.69. The van der Waals surface area contributed by atoms with Crippen molar-refractivity contribution in [2.24, 2.45) is 0 Å². The summed E-state index contributed by atoms with van der Waals surface area (Å²) in [6.45, 7) is 3.67. The minimum absolute atomic E-state index is 0.282. The highest BCUT2D eigenvalue weighted by molar-refractivity contribution is 9.10. The van der Waals surface area contributed by atoms with Crippen LogP contribution in [0, 0.1) is 0 Å². The minimum atomic E-state index is 0.282. The average Bonchev–Trinajstić information content (AvgIpc) is 2.27. The third-order valence-electron chi connectivity index (χ3n) is 2.79. The fourth-order valence-corrected chi connectivity index (χ4v) is 2.21. The van der Waals surface area contributed by atoms with Gasteiger partial charge in [-0.3, -0.25) is 0 Å². The Hall–Kier alpha value is -0.670. The molecule has 0 aromatic heterocycles. The number of hydrogen-bond donors (Lipinski definition) is 0. The van der Waals surface area contributed by atoms with Crippen LogP contribution < -0.4 is 0 Å². The van der Waals surface area contributed by atoms with Crippen molar-refractivity contribution in [3.05, 3.63) is 34.3 Å². The zero-order valence-corrected chi connectivity index (χ0v) is 12.2. The van der Waals surface area contributed by atoms with Crippen LogP contribution >= 0.6 is 15.9 Å². The highest BCUT2D eigenvalue weighted by Crippen LogP contribution is 2.16. The van der Waals surface area contributed by atoms with Gasteiger partial charge in [0.05, 0.1) is 0 Å². The van der Waals surface area contributed by atoms with Crippen molar-refractivity contribution in [2.75, 3.05) is 20.1 Å². The van der Waals surface area contributed by atoms with E-state index in [0.29, 0.717) is 6.42 Å². The number of Topliss-reactive ketones (excluding diaryl/α,β-unsaturated/α-hetero) is 1. The van der Waals surface area contributed by atoms with Gasteiger partial charge in [-0.05, 0) is 45.0 Å². The molecule has 0 heterocycles. The topological polar surface area (TPSA) is 20.3 Å². The summed E-state index contributed by atoms with van der Waals surface area (Å²) in [5.41, 5.74) is 1.34. The van der Waals surface area contributed by atoms with Gasteiger partial charge < -0.3 is 9.69 Å². The molecule has 0 saturated heterocycles. The Balaban J connectivity index is 2.26. The standard InChI is InChI=1S/C14H20BrNO/c1-12(17)6-5-10-16(2)11-9-13-7-3-4-8-14(13)15/h3-4,7-8H,5-6,9-11H2,1-2H3. The second-order valence-corrected chi connectivity index (χ2v) is 5.30. The van der Waals surface area contributed by atoms with E-state index in [2.05, 4.69) is 46.1 Å². The van der Waals surface area contributed by atoms with Crippen LogP contribution in [0.5, 0.6) is 0 Å². The van der Waals surface area contributed by atoms with E-state index in [1.165, 1.54) is 10.0 Å². The highest BCUT2D eigenvalue weighted by Gasteiger charge is 2.02. The van der Waals surface area contributed by atoms with E-state index < -0.39 is 0 Å². The van der Waals surface area contributed by atoms with E-state index in [-0.39, 0.29) is 5.78 Å². The van der Waals surface area contributed by atoms with E-state index in [1.807, 2.05) is 6.07 Å². The first-order valence-corrected chi connectivity index (χ1v) is 6.80. The summed E-state index contributed by atoms with van der Waals surface area (Å²) in [5, 5.41) is 0. The molecule has 0 atom stereocenters. The van der Waals surface area contributed by atoms with Crippen molar-refractivity contribution in [3.63, 3.8) is 0 Å². The van der Waals surface area contributed by atoms with E-state index in [9.17, 15) is 4.79 Å². The fraction of sp³-hybridized carbons (Fsp3) is 0.500.